The first kappa shape index (κ1) is 52.0. The number of aliphatic hydroxyl groups is 2. The molecule has 19 heteroatoms. The van der Waals surface area contributed by atoms with E-state index >= 15 is 0 Å². The van der Waals surface area contributed by atoms with Gasteiger partial charge in [0.25, 0.3) is 0 Å². The van der Waals surface area contributed by atoms with Crippen LogP contribution in [-0.4, -0.2) is 132 Å². The number of hydrogen-bond acceptors (Lipinski definition) is 14. The molecular weight excluding hydrogens is 972 g/mol. The number of aromatic nitrogens is 4. The first-order valence-corrected chi connectivity index (χ1v) is 27.2. The van der Waals surface area contributed by atoms with Crippen molar-refractivity contribution in [2.75, 3.05) is 26.2 Å². The monoisotopic (exact) mass is 1040 g/mol. The number of aryl methyl sites for hydroxylation is 3. The molecule has 5 aromatic rings. The number of hydrogen-bond donors (Lipinski definition) is 5. The van der Waals surface area contributed by atoms with Crippen molar-refractivity contribution < 1.29 is 29.3 Å². The van der Waals surface area contributed by atoms with Gasteiger partial charge >= 0.3 is 0 Å². The molecule has 1 saturated carbocycles. The fourth-order valence-electron chi connectivity index (χ4n) is 10.4. The molecule has 0 spiro atoms. The van der Waals surface area contributed by atoms with Gasteiger partial charge in [-0.3, -0.25) is 34.2 Å². The highest BCUT2D eigenvalue weighted by Crippen LogP contribution is 2.40. The van der Waals surface area contributed by atoms with Gasteiger partial charge in [0.05, 0.1) is 52.7 Å². The Bertz CT molecular complexity index is 2790. The largest absolute Gasteiger partial charge is 0.391 e. The maximum absolute atomic E-state index is 14.3. The van der Waals surface area contributed by atoms with Crippen molar-refractivity contribution in [3.63, 3.8) is 0 Å². The molecule has 5 N–H and O–H groups in total. The van der Waals surface area contributed by atoms with Gasteiger partial charge in [-0.2, -0.15) is 0 Å². The van der Waals surface area contributed by atoms with E-state index in [1.165, 1.54) is 9.78 Å². The SMILES string of the molecule is Cc1ncsc1-c1ccc([C@H](C)NC(=O)[C@@H]2C[C@@H](O)CN2C(=O)[C@@H](NC(=O)CN2CCC(O[C@H]3C[C@H](NC(O)C[C@@H]4N=C(c5ccc(Cl)cc5)c5c(sc(C)c5C)-n5c(C)nnc54)C3)CC2)C(C)(C)C)cc1. The molecule has 1 unspecified atom stereocenters. The highest BCUT2D eigenvalue weighted by molar-refractivity contribution is 7.15. The number of aliphatic hydroxyl groups excluding tert-OH is 2. The number of β-amino-alcohol motifs (C(OH)–C–C–N with tert-alkyl or cyclic N) is 1. The second-order valence-corrected chi connectivity index (χ2v) is 23.6. The Hall–Kier alpha value is -4.92. The molecule has 4 aliphatic rings. The van der Waals surface area contributed by atoms with Crippen LogP contribution in [0.4, 0.5) is 0 Å². The van der Waals surface area contributed by atoms with Crippen LogP contribution in [0.2, 0.25) is 5.02 Å². The number of carbonyl (C=O) groups excluding carboxylic acids is 3. The normalized spacial score (nSPS) is 22.8. The van der Waals surface area contributed by atoms with E-state index < -0.39 is 35.9 Å². The summed E-state index contributed by atoms with van der Waals surface area (Å²) in [5, 5.41) is 42.4. The Kier molecular flexibility index (Phi) is 15.5. The van der Waals surface area contributed by atoms with Crippen molar-refractivity contribution in [1.82, 2.24) is 45.5 Å². The van der Waals surface area contributed by atoms with Gasteiger partial charge in [-0.25, -0.2) is 4.98 Å². The standard InChI is InChI=1S/C53H67ClN10O6S2/c1-28-31(4)72-52-45(28)46(34-13-15-36(54)16-14-34)58-41(49-61-60-32(5)64(49)52)24-43(66)57-37-21-40(22-37)70-39-17-19-62(20-18-39)26-44(67)59-48(53(6,7)8)51(69)63-25-38(65)23-42(63)50(68)56-29(2)33-9-11-35(12-10-33)47-30(3)55-27-71-47/h9-16,27,29,37-43,48,57,65-66H,17-26H2,1-8H3,(H,56,68)(H,59,67)/t29-,37-,38+,40-,41-,42-,43?,48+/m0/s1. The number of fused-ring (bicyclic) bond motifs is 3. The lowest BCUT2D eigenvalue weighted by molar-refractivity contribution is -0.144. The quantitative estimate of drug-likeness (QED) is 0.0683. The van der Waals surface area contributed by atoms with Gasteiger partial charge in [-0.15, -0.1) is 32.9 Å². The first-order valence-electron chi connectivity index (χ1n) is 25.1. The number of thiophene rings is 1. The lowest BCUT2D eigenvalue weighted by Crippen LogP contribution is -2.59. The number of likely N-dealkylation sites (tertiary alicyclic amines) is 2. The van der Waals surface area contributed by atoms with Crippen molar-refractivity contribution in [2.24, 2.45) is 10.4 Å². The van der Waals surface area contributed by atoms with E-state index in [-0.39, 0.29) is 61.5 Å². The highest BCUT2D eigenvalue weighted by Gasteiger charge is 2.45. The Morgan fingerprint density at radius 2 is 1.62 bits per heavy atom. The van der Waals surface area contributed by atoms with Crippen molar-refractivity contribution in [3.8, 4) is 15.4 Å². The van der Waals surface area contributed by atoms with Gasteiger partial charge in [0, 0.05) is 59.5 Å². The molecule has 72 heavy (non-hydrogen) atoms. The van der Waals surface area contributed by atoms with E-state index in [0.29, 0.717) is 30.4 Å². The van der Waals surface area contributed by atoms with Crippen LogP contribution in [0.3, 0.4) is 0 Å². The summed E-state index contributed by atoms with van der Waals surface area (Å²) in [6, 6.07) is 13.2. The maximum Gasteiger partial charge on any atom is 0.246 e. The van der Waals surface area contributed by atoms with Crippen molar-refractivity contribution in [3.05, 3.63) is 104 Å². The van der Waals surface area contributed by atoms with E-state index in [4.69, 9.17) is 21.3 Å². The smallest absolute Gasteiger partial charge is 0.246 e. The number of nitrogens with one attached hydrogen (secondary N) is 3. The highest BCUT2D eigenvalue weighted by atomic mass is 35.5. The van der Waals surface area contributed by atoms with Crippen molar-refractivity contribution >= 4 is 57.7 Å². The van der Waals surface area contributed by atoms with Crippen LogP contribution < -0.4 is 16.0 Å². The van der Waals surface area contributed by atoms with Crippen LogP contribution in [0, 0.1) is 33.1 Å². The van der Waals surface area contributed by atoms with Gasteiger partial charge in [-0.1, -0.05) is 68.8 Å². The molecule has 6 atom stereocenters. The van der Waals surface area contributed by atoms with E-state index in [0.717, 1.165) is 80.6 Å². The predicted octanol–water partition coefficient (Wildman–Crippen LogP) is 6.91. The van der Waals surface area contributed by atoms with Crippen LogP contribution in [0.25, 0.3) is 15.4 Å². The third-order valence-electron chi connectivity index (χ3n) is 14.7. The molecular formula is C53H67ClN10O6S2. The molecule has 384 valence electrons. The summed E-state index contributed by atoms with van der Waals surface area (Å²) >= 11 is 9.57. The second-order valence-electron chi connectivity index (χ2n) is 21.1. The third-order valence-corrected chi connectivity index (χ3v) is 17.1. The van der Waals surface area contributed by atoms with E-state index in [1.54, 1.807) is 22.7 Å². The number of thiazole rings is 1. The topological polar surface area (TPSA) is 199 Å². The molecule has 9 rings (SSSR count). The molecule has 3 aliphatic heterocycles. The Labute approximate surface area is 434 Å². The molecule has 6 heterocycles. The van der Waals surface area contributed by atoms with Crippen LogP contribution in [0.15, 0.2) is 59.0 Å². The lowest BCUT2D eigenvalue weighted by Gasteiger charge is -2.41. The van der Waals surface area contributed by atoms with Crippen LogP contribution in [0.1, 0.15) is 123 Å². The minimum absolute atomic E-state index is 0.00561. The summed E-state index contributed by atoms with van der Waals surface area (Å²) in [6.45, 7) is 17.2. The van der Waals surface area contributed by atoms with E-state index in [9.17, 15) is 24.6 Å². The van der Waals surface area contributed by atoms with Gasteiger partial charge < -0.3 is 30.5 Å². The molecule has 0 radical (unpaired) electrons. The molecule has 3 amide bonds. The van der Waals surface area contributed by atoms with Gasteiger partial charge in [-0.05, 0) is 94.5 Å². The molecule has 3 fully saturated rings. The van der Waals surface area contributed by atoms with Crippen molar-refractivity contribution in [2.45, 2.75) is 149 Å². The zero-order valence-electron chi connectivity index (χ0n) is 42.3. The number of halogens is 1. The maximum atomic E-state index is 14.3. The lowest BCUT2D eigenvalue weighted by atomic mass is 9.85. The first-order chi connectivity index (χ1) is 34.3. The number of benzene rings is 2. The van der Waals surface area contributed by atoms with Gasteiger partial charge in [0.1, 0.15) is 35.2 Å². The van der Waals surface area contributed by atoms with Crippen LogP contribution in [-0.2, 0) is 19.1 Å². The average molecular weight is 1040 g/mol. The zero-order chi connectivity index (χ0) is 51.2. The minimum Gasteiger partial charge on any atom is -0.391 e. The Morgan fingerprint density at radius 3 is 2.29 bits per heavy atom. The molecule has 16 nitrogen and oxygen atoms in total. The van der Waals surface area contributed by atoms with Crippen LogP contribution in [0.5, 0.6) is 0 Å². The fourth-order valence-corrected chi connectivity index (χ4v) is 12.6. The summed E-state index contributed by atoms with van der Waals surface area (Å²) in [6.07, 6.45) is 1.92. The zero-order valence-corrected chi connectivity index (χ0v) is 44.7. The molecule has 2 aromatic carbocycles. The average Bonchev–Trinajstić information content (AvgIpc) is 4.10. The summed E-state index contributed by atoms with van der Waals surface area (Å²) in [7, 11) is 0. The number of ether oxygens (including phenoxy) is 1. The molecule has 2 saturated heterocycles. The predicted molar refractivity (Wildman–Crippen MR) is 281 cm³/mol. The number of amides is 3. The summed E-state index contributed by atoms with van der Waals surface area (Å²) in [4.78, 5) is 57.2. The van der Waals surface area contributed by atoms with E-state index in [1.807, 2.05) is 95.6 Å². The fraction of sp³-hybridized carbons (Fsp3) is 0.528. The second kappa shape index (κ2) is 21.5. The molecule has 1 aliphatic carbocycles. The van der Waals surface area contributed by atoms with Crippen LogP contribution >= 0.6 is 34.3 Å². The molecule has 0 bridgehead atoms. The number of rotatable bonds is 15. The number of aliphatic imine (C=N–C) groups is 1. The number of nitrogens with zero attached hydrogens (tertiary/aromatic N) is 7. The van der Waals surface area contributed by atoms with Gasteiger partial charge in [0.15, 0.2) is 5.82 Å². The van der Waals surface area contributed by atoms with E-state index in [2.05, 4.69) is 54.4 Å². The molecule has 3 aromatic heterocycles. The Morgan fingerprint density at radius 1 is 0.931 bits per heavy atom. The number of carbonyl (C=O) groups is 3. The summed E-state index contributed by atoms with van der Waals surface area (Å²) in [5.41, 5.74) is 8.09. The Balaban J connectivity index is 0.735. The summed E-state index contributed by atoms with van der Waals surface area (Å²) < 4.78 is 8.62. The number of piperidine rings is 1. The minimum atomic E-state index is -0.913. The van der Waals surface area contributed by atoms with Gasteiger partial charge in [0.2, 0.25) is 17.7 Å². The summed E-state index contributed by atoms with van der Waals surface area (Å²) in [5.74, 6) is 0.463. The van der Waals surface area contributed by atoms with Crippen molar-refractivity contribution in [1.29, 1.82) is 0 Å². The third kappa shape index (κ3) is 11.3.